The highest BCUT2D eigenvalue weighted by atomic mass is 127. The summed E-state index contributed by atoms with van der Waals surface area (Å²) in [6, 6.07) is 1.86. The number of aliphatic imine (C=N–C) groups is 1. The van der Waals surface area contributed by atoms with Crippen LogP contribution in [0, 0.1) is 5.92 Å². The molecule has 0 aliphatic carbocycles. The zero-order valence-corrected chi connectivity index (χ0v) is 20.8. The van der Waals surface area contributed by atoms with E-state index < -0.39 is 0 Å². The minimum Gasteiger partial charge on any atom is -0.357 e. The van der Waals surface area contributed by atoms with E-state index in [4.69, 9.17) is 4.99 Å². The highest BCUT2D eigenvalue weighted by Crippen LogP contribution is 2.09. The molecule has 2 N–H and O–H groups in total. The molecule has 0 radical (unpaired) electrons. The second-order valence-electron chi connectivity index (χ2n) is 7.81. The summed E-state index contributed by atoms with van der Waals surface area (Å²) in [4.78, 5) is 18.2. The standard InChI is InChI=1S/C21H39N7.HI/c1-4-22-20(23-10-6-5-9-19(2)3)24-13-8-14-27-15-17-28(18-16-27)21-25-11-7-12-26-21;/h7,11-12,19H,4-6,8-10,13-18H2,1-3H3,(H2,22,23,24);1H. The summed E-state index contributed by atoms with van der Waals surface area (Å²) in [7, 11) is 0. The number of anilines is 1. The van der Waals surface area contributed by atoms with E-state index >= 15 is 0 Å². The van der Waals surface area contributed by atoms with Crippen LogP contribution in [0.1, 0.15) is 46.5 Å². The number of rotatable bonds is 11. The second kappa shape index (κ2) is 15.6. The van der Waals surface area contributed by atoms with Crippen LogP contribution >= 0.6 is 24.0 Å². The van der Waals surface area contributed by atoms with Gasteiger partial charge in [-0.1, -0.05) is 26.7 Å². The molecule has 7 nitrogen and oxygen atoms in total. The smallest absolute Gasteiger partial charge is 0.225 e. The van der Waals surface area contributed by atoms with Crippen molar-refractivity contribution in [2.45, 2.75) is 46.5 Å². The van der Waals surface area contributed by atoms with Crippen molar-refractivity contribution < 1.29 is 0 Å². The zero-order chi connectivity index (χ0) is 20.0. The lowest BCUT2D eigenvalue weighted by Crippen LogP contribution is -2.47. The lowest BCUT2D eigenvalue weighted by atomic mass is 10.1. The van der Waals surface area contributed by atoms with Crippen molar-refractivity contribution in [3.63, 3.8) is 0 Å². The summed E-state index contributed by atoms with van der Waals surface area (Å²) in [6.45, 7) is 14.7. The van der Waals surface area contributed by atoms with E-state index in [-0.39, 0.29) is 24.0 Å². The van der Waals surface area contributed by atoms with Gasteiger partial charge in [0.2, 0.25) is 5.95 Å². The number of piperazine rings is 1. The van der Waals surface area contributed by atoms with Crippen molar-refractivity contribution in [3.8, 4) is 0 Å². The third kappa shape index (κ3) is 11.0. The molecule has 1 aliphatic heterocycles. The number of unbranched alkanes of at least 4 members (excludes halogenated alkanes) is 1. The Kier molecular flexibility index (Phi) is 14.0. The van der Waals surface area contributed by atoms with Gasteiger partial charge in [0.1, 0.15) is 0 Å². The molecule has 0 bridgehead atoms. The Morgan fingerprint density at radius 3 is 2.45 bits per heavy atom. The number of hydrogen-bond acceptors (Lipinski definition) is 5. The summed E-state index contributed by atoms with van der Waals surface area (Å²) < 4.78 is 0. The van der Waals surface area contributed by atoms with Crippen LogP contribution in [-0.2, 0) is 0 Å². The van der Waals surface area contributed by atoms with Crippen LogP contribution in [-0.4, -0.2) is 73.2 Å². The quantitative estimate of drug-likeness (QED) is 0.204. The Morgan fingerprint density at radius 1 is 1.07 bits per heavy atom. The fourth-order valence-electron chi connectivity index (χ4n) is 3.34. The second-order valence-corrected chi connectivity index (χ2v) is 7.81. The van der Waals surface area contributed by atoms with E-state index in [0.717, 1.165) is 76.6 Å². The normalized spacial score (nSPS) is 15.3. The van der Waals surface area contributed by atoms with Gasteiger partial charge in [-0.15, -0.1) is 24.0 Å². The molecule has 1 saturated heterocycles. The van der Waals surface area contributed by atoms with E-state index in [0.29, 0.717) is 0 Å². The number of guanidine groups is 1. The third-order valence-electron chi connectivity index (χ3n) is 4.95. The zero-order valence-electron chi connectivity index (χ0n) is 18.4. The molecule has 2 heterocycles. The maximum atomic E-state index is 4.73. The van der Waals surface area contributed by atoms with Crippen molar-refractivity contribution >= 4 is 35.9 Å². The maximum absolute atomic E-state index is 4.73. The maximum Gasteiger partial charge on any atom is 0.225 e. The van der Waals surface area contributed by atoms with E-state index in [1.165, 1.54) is 19.3 Å². The van der Waals surface area contributed by atoms with Gasteiger partial charge in [0.25, 0.3) is 0 Å². The summed E-state index contributed by atoms with van der Waals surface area (Å²) in [5.41, 5.74) is 0. The largest absolute Gasteiger partial charge is 0.357 e. The van der Waals surface area contributed by atoms with Crippen LogP contribution in [0.2, 0.25) is 0 Å². The predicted molar refractivity (Wildman–Crippen MR) is 133 cm³/mol. The summed E-state index contributed by atoms with van der Waals surface area (Å²) in [5.74, 6) is 2.60. The van der Waals surface area contributed by atoms with E-state index in [1.807, 2.05) is 18.5 Å². The first-order valence-electron chi connectivity index (χ1n) is 11.0. The summed E-state index contributed by atoms with van der Waals surface area (Å²) in [5, 5.41) is 6.81. The Labute approximate surface area is 194 Å². The molecule has 0 atom stereocenters. The summed E-state index contributed by atoms with van der Waals surface area (Å²) >= 11 is 0. The highest BCUT2D eigenvalue weighted by molar-refractivity contribution is 14.0. The molecule has 0 amide bonds. The van der Waals surface area contributed by atoms with Gasteiger partial charge in [0.15, 0.2) is 5.96 Å². The van der Waals surface area contributed by atoms with Crippen LogP contribution in [0.5, 0.6) is 0 Å². The molecule has 166 valence electrons. The number of aromatic nitrogens is 2. The monoisotopic (exact) mass is 517 g/mol. The molecule has 0 unspecified atom stereocenters. The third-order valence-corrected chi connectivity index (χ3v) is 4.95. The van der Waals surface area contributed by atoms with Gasteiger partial charge in [-0.3, -0.25) is 9.89 Å². The molecule has 1 aromatic heterocycles. The molecule has 0 spiro atoms. The van der Waals surface area contributed by atoms with Crippen LogP contribution in [0.15, 0.2) is 23.5 Å². The van der Waals surface area contributed by atoms with E-state index in [9.17, 15) is 0 Å². The number of nitrogens with one attached hydrogen (secondary N) is 2. The molecule has 0 aromatic carbocycles. The Hall–Kier alpha value is -1.16. The first-order valence-corrected chi connectivity index (χ1v) is 11.0. The van der Waals surface area contributed by atoms with Crippen molar-refractivity contribution in [1.29, 1.82) is 0 Å². The average molecular weight is 518 g/mol. The lowest BCUT2D eigenvalue weighted by molar-refractivity contribution is 0.255. The fraction of sp³-hybridized carbons (Fsp3) is 0.762. The summed E-state index contributed by atoms with van der Waals surface area (Å²) in [6.07, 6.45) is 8.51. The van der Waals surface area contributed by atoms with Crippen LogP contribution in [0.25, 0.3) is 0 Å². The minimum atomic E-state index is 0. The van der Waals surface area contributed by atoms with E-state index in [2.05, 4.69) is 51.2 Å². The first kappa shape index (κ1) is 25.9. The van der Waals surface area contributed by atoms with Crippen LogP contribution in [0.4, 0.5) is 5.95 Å². The number of hydrogen-bond donors (Lipinski definition) is 2. The molecule has 1 aliphatic rings. The van der Waals surface area contributed by atoms with Gasteiger partial charge in [-0.05, 0) is 31.7 Å². The first-order chi connectivity index (χ1) is 13.7. The Bertz CT molecular complexity index is 545. The fourth-order valence-corrected chi connectivity index (χ4v) is 3.34. The van der Waals surface area contributed by atoms with Crippen LogP contribution in [0.3, 0.4) is 0 Å². The van der Waals surface area contributed by atoms with Gasteiger partial charge in [-0.25, -0.2) is 9.97 Å². The van der Waals surface area contributed by atoms with Crippen LogP contribution < -0.4 is 15.5 Å². The molecule has 0 saturated carbocycles. The van der Waals surface area contributed by atoms with Gasteiger partial charge in [0.05, 0.1) is 0 Å². The van der Waals surface area contributed by atoms with Crippen molar-refractivity contribution in [1.82, 2.24) is 25.5 Å². The molecule has 1 fully saturated rings. The van der Waals surface area contributed by atoms with Crippen molar-refractivity contribution in [2.24, 2.45) is 10.9 Å². The van der Waals surface area contributed by atoms with Crippen molar-refractivity contribution in [2.75, 3.05) is 57.3 Å². The van der Waals surface area contributed by atoms with Gasteiger partial charge >= 0.3 is 0 Å². The minimum absolute atomic E-state index is 0. The highest BCUT2D eigenvalue weighted by Gasteiger charge is 2.18. The molecule has 2 rings (SSSR count). The predicted octanol–water partition coefficient (Wildman–Crippen LogP) is 2.99. The average Bonchev–Trinajstić information content (AvgIpc) is 2.71. The Balaban J connectivity index is 0.00000420. The molecule has 1 aromatic rings. The van der Waals surface area contributed by atoms with Gasteiger partial charge < -0.3 is 15.5 Å². The number of halogens is 1. The molecular formula is C21H40IN7. The Morgan fingerprint density at radius 2 is 1.79 bits per heavy atom. The lowest BCUT2D eigenvalue weighted by Gasteiger charge is -2.34. The molecule has 29 heavy (non-hydrogen) atoms. The van der Waals surface area contributed by atoms with Gasteiger partial charge in [0, 0.05) is 64.8 Å². The van der Waals surface area contributed by atoms with Crippen molar-refractivity contribution in [3.05, 3.63) is 18.5 Å². The topological polar surface area (TPSA) is 68.7 Å². The number of nitrogens with zero attached hydrogens (tertiary/aromatic N) is 5. The van der Waals surface area contributed by atoms with Gasteiger partial charge in [-0.2, -0.15) is 0 Å². The SMILES string of the molecule is CCNC(=NCCCN1CCN(c2ncccn2)CC1)NCCCCC(C)C.I. The van der Waals surface area contributed by atoms with E-state index in [1.54, 1.807) is 0 Å². The molecule has 8 heteroatoms. The molecular weight excluding hydrogens is 477 g/mol.